The quantitative estimate of drug-likeness (QED) is 0.577. The molecule has 2 rings (SSSR count). The lowest BCUT2D eigenvalue weighted by Gasteiger charge is -2.24. The van der Waals surface area contributed by atoms with Crippen LogP contribution < -0.4 is 5.32 Å². The molecule has 0 fully saturated rings. The predicted molar refractivity (Wildman–Crippen MR) is 49.0 cm³/mol. The average Bonchev–Trinajstić information content (AvgIpc) is 2.72. The van der Waals surface area contributed by atoms with E-state index >= 15 is 0 Å². The molecule has 0 saturated carbocycles. The van der Waals surface area contributed by atoms with E-state index in [1.54, 1.807) is 28.5 Å². The number of amides is 2. The van der Waals surface area contributed by atoms with Crippen LogP contribution in [-0.4, -0.2) is 41.4 Å². The van der Waals surface area contributed by atoms with Crippen molar-refractivity contribution >= 4 is 12.4 Å². The van der Waals surface area contributed by atoms with Gasteiger partial charge >= 0.3 is 6.03 Å². The summed E-state index contributed by atoms with van der Waals surface area (Å²) >= 11 is 0. The average molecular weight is 180 g/mol. The van der Waals surface area contributed by atoms with Gasteiger partial charge in [-0.1, -0.05) is 0 Å². The lowest BCUT2D eigenvalue weighted by molar-refractivity contribution is 0.185. The number of nitrogens with one attached hydrogen (secondary N) is 1. The van der Waals surface area contributed by atoms with E-state index in [4.69, 9.17) is 0 Å². The first-order valence-corrected chi connectivity index (χ1v) is 4.30. The normalized spacial score (nSPS) is 25.5. The van der Waals surface area contributed by atoms with Crippen molar-refractivity contribution in [1.82, 2.24) is 15.1 Å². The van der Waals surface area contributed by atoms with E-state index in [0.29, 0.717) is 13.1 Å². The zero-order valence-electron chi connectivity index (χ0n) is 7.47. The second-order valence-electron chi connectivity index (χ2n) is 3.06. The lowest BCUT2D eigenvalue weighted by Crippen LogP contribution is -2.44. The molecule has 0 aromatic rings. The van der Waals surface area contributed by atoms with Crippen LogP contribution in [0.15, 0.2) is 17.4 Å². The summed E-state index contributed by atoms with van der Waals surface area (Å²) in [5.41, 5.74) is 0. The van der Waals surface area contributed by atoms with E-state index in [1.165, 1.54) is 0 Å². The molecule has 0 saturated heterocycles. The first-order chi connectivity index (χ1) is 6.29. The van der Waals surface area contributed by atoms with E-state index < -0.39 is 0 Å². The molecule has 1 atom stereocenters. The highest BCUT2D eigenvalue weighted by atomic mass is 16.2. The maximum atomic E-state index is 11.7. The highest BCUT2D eigenvalue weighted by Gasteiger charge is 2.25. The molecule has 2 heterocycles. The van der Waals surface area contributed by atoms with Crippen LogP contribution in [0.5, 0.6) is 0 Å². The van der Waals surface area contributed by atoms with E-state index in [9.17, 15) is 4.79 Å². The molecule has 5 nitrogen and oxygen atoms in total. The Morgan fingerprint density at radius 3 is 3.08 bits per heavy atom. The van der Waals surface area contributed by atoms with Crippen LogP contribution in [0.3, 0.4) is 0 Å². The van der Waals surface area contributed by atoms with Crippen molar-refractivity contribution < 1.29 is 4.79 Å². The van der Waals surface area contributed by atoms with Crippen molar-refractivity contribution in [2.75, 3.05) is 13.1 Å². The number of carbonyl (C=O) groups is 1. The van der Waals surface area contributed by atoms with Crippen LogP contribution in [0.25, 0.3) is 0 Å². The van der Waals surface area contributed by atoms with Gasteiger partial charge in [-0.15, -0.1) is 0 Å². The molecule has 1 N–H and O–H groups in total. The zero-order chi connectivity index (χ0) is 9.26. The van der Waals surface area contributed by atoms with Crippen LogP contribution in [0.4, 0.5) is 4.79 Å². The SMILES string of the molecule is C[C@H]1NC=CN1C(=O)N1C=NCC1. The Kier molecular flexibility index (Phi) is 1.92. The molecule has 70 valence electrons. The first-order valence-electron chi connectivity index (χ1n) is 4.30. The van der Waals surface area contributed by atoms with Gasteiger partial charge in [-0.3, -0.25) is 14.8 Å². The van der Waals surface area contributed by atoms with Crippen molar-refractivity contribution in [2.24, 2.45) is 4.99 Å². The van der Waals surface area contributed by atoms with Gasteiger partial charge in [0.2, 0.25) is 0 Å². The maximum Gasteiger partial charge on any atom is 0.331 e. The van der Waals surface area contributed by atoms with E-state index in [1.807, 2.05) is 6.92 Å². The summed E-state index contributed by atoms with van der Waals surface area (Å²) < 4.78 is 0. The van der Waals surface area contributed by atoms with Crippen LogP contribution in [0.1, 0.15) is 6.92 Å². The summed E-state index contributed by atoms with van der Waals surface area (Å²) in [5.74, 6) is 0. The summed E-state index contributed by atoms with van der Waals surface area (Å²) in [6, 6.07) is -0.0185. The van der Waals surface area contributed by atoms with Gasteiger partial charge in [0.15, 0.2) is 0 Å². The Morgan fingerprint density at radius 1 is 1.69 bits per heavy atom. The van der Waals surface area contributed by atoms with Crippen molar-refractivity contribution in [3.63, 3.8) is 0 Å². The Labute approximate surface area is 76.7 Å². The van der Waals surface area contributed by atoms with Crippen LogP contribution in [-0.2, 0) is 0 Å². The molecule has 5 heteroatoms. The molecule has 0 unspecified atom stereocenters. The number of aliphatic imine (C=N–C) groups is 1. The summed E-state index contributed by atoms with van der Waals surface area (Å²) in [6.45, 7) is 3.34. The van der Waals surface area contributed by atoms with Gasteiger partial charge in [-0.2, -0.15) is 0 Å². The molecular formula is C8H12N4O. The Hall–Kier alpha value is -1.52. The molecular weight excluding hydrogens is 168 g/mol. The fourth-order valence-corrected chi connectivity index (χ4v) is 1.37. The second-order valence-corrected chi connectivity index (χ2v) is 3.06. The predicted octanol–water partition coefficient (Wildman–Crippen LogP) is 0.173. The number of hydrogen-bond donors (Lipinski definition) is 1. The fraction of sp³-hybridized carbons (Fsp3) is 0.500. The topological polar surface area (TPSA) is 47.9 Å². The Morgan fingerprint density at radius 2 is 2.54 bits per heavy atom. The van der Waals surface area contributed by atoms with Gasteiger partial charge in [0.05, 0.1) is 12.9 Å². The van der Waals surface area contributed by atoms with Crippen molar-refractivity contribution in [3.05, 3.63) is 12.4 Å². The third kappa shape index (κ3) is 1.37. The zero-order valence-corrected chi connectivity index (χ0v) is 7.47. The summed E-state index contributed by atoms with van der Waals surface area (Å²) in [6.07, 6.45) is 5.16. The van der Waals surface area contributed by atoms with Gasteiger partial charge in [0.25, 0.3) is 0 Å². The van der Waals surface area contributed by atoms with Gasteiger partial charge in [0.1, 0.15) is 6.17 Å². The molecule has 0 radical (unpaired) electrons. The molecule has 0 spiro atoms. The molecule has 13 heavy (non-hydrogen) atoms. The summed E-state index contributed by atoms with van der Waals surface area (Å²) in [4.78, 5) is 19.0. The smallest absolute Gasteiger partial charge is 0.331 e. The Balaban J connectivity index is 2.03. The third-order valence-corrected chi connectivity index (χ3v) is 2.15. The minimum atomic E-state index is -0.0185. The van der Waals surface area contributed by atoms with Gasteiger partial charge in [-0.05, 0) is 6.92 Å². The van der Waals surface area contributed by atoms with Gasteiger partial charge < -0.3 is 5.32 Å². The van der Waals surface area contributed by atoms with Crippen molar-refractivity contribution in [1.29, 1.82) is 0 Å². The van der Waals surface area contributed by atoms with Crippen molar-refractivity contribution in [3.8, 4) is 0 Å². The number of nitrogens with zero attached hydrogens (tertiary/aromatic N) is 3. The minimum Gasteiger partial charge on any atom is -0.370 e. The summed E-state index contributed by atoms with van der Waals surface area (Å²) in [5, 5.41) is 3.03. The van der Waals surface area contributed by atoms with Gasteiger partial charge in [0, 0.05) is 18.9 Å². The highest BCUT2D eigenvalue weighted by Crippen LogP contribution is 2.08. The van der Waals surface area contributed by atoms with Crippen LogP contribution in [0.2, 0.25) is 0 Å². The second kappa shape index (κ2) is 3.08. The maximum absolute atomic E-state index is 11.7. The van der Waals surface area contributed by atoms with E-state index in [-0.39, 0.29) is 12.2 Å². The first kappa shape index (κ1) is 8.10. The van der Waals surface area contributed by atoms with Crippen LogP contribution in [0, 0.1) is 0 Å². The largest absolute Gasteiger partial charge is 0.370 e. The summed E-state index contributed by atoms with van der Waals surface area (Å²) in [7, 11) is 0. The van der Waals surface area contributed by atoms with E-state index in [2.05, 4.69) is 10.3 Å². The third-order valence-electron chi connectivity index (χ3n) is 2.15. The molecule has 0 aromatic carbocycles. The molecule has 0 bridgehead atoms. The number of urea groups is 1. The number of carbonyl (C=O) groups excluding carboxylic acids is 1. The lowest BCUT2D eigenvalue weighted by atomic mass is 10.5. The molecule has 0 aromatic heterocycles. The van der Waals surface area contributed by atoms with Crippen LogP contribution >= 0.6 is 0 Å². The highest BCUT2D eigenvalue weighted by molar-refractivity contribution is 5.88. The van der Waals surface area contributed by atoms with Crippen molar-refractivity contribution in [2.45, 2.75) is 13.1 Å². The number of rotatable bonds is 0. The molecule has 2 aliphatic heterocycles. The number of hydrogen-bond acceptors (Lipinski definition) is 3. The monoisotopic (exact) mass is 180 g/mol. The Bertz CT molecular complexity index is 273. The minimum absolute atomic E-state index is 0.0185. The molecule has 0 aliphatic carbocycles. The standard InChI is InChI=1S/C8H12N4O/c1-7-10-3-5-12(7)8(13)11-4-2-9-6-11/h3,5-7,10H,2,4H2,1H3/t7-/m0/s1. The molecule has 2 aliphatic rings. The van der Waals surface area contributed by atoms with E-state index in [0.717, 1.165) is 0 Å². The van der Waals surface area contributed by atoms with Gasteiger partial charge in [-0.25, -0.2) is 4.79 Å². The molecule has 2 amide bonds. The fourth-order valence-electron chi connectivity index (χ4n) is 1.37.